The van der Waals surface area contributed by atoms with Gasteiger partial charge in [0.2, 0.25) is 6.20 Å². The van der Waals surface area contributed by atoms with Crippen LogP contribution in [0.25, 0.3) is 6.08 Å². The van der Waals surface area contributed by atoms with Gasteiger partial charge in [0, 0.05) is 6.08 Å². The predicted octanol–water partition coefficient (Wildman–Crippen LogP) is 1.73. The van der Waals surface area contributed by atoms with Crippen molar-refractivity contribution in [2.75, 3.05) is 0 Å². The van der Waals surface area contributed by atoms with Gasteiger partial charge in [-0.15, -0.1) is 0 Å². The molecule has 3 heteroatoms. The Labute approximate surface area is 64.1 Å². The molecule has 1 aromatic rings. The molecule has 0 atom stereocenters. The van der Waals surface area contributed by atoms with Crippen molar-refractivity contribution in [1.82, 2.24) is 0 Å². The van der Waals surface area contributed by atoms with E-state index in [0.29, 0.717) is 5.56 Å². The van der Waals surface area contributed by atoms with Crippen LogP contribution in [0, 0.1) is 16.2 Å². The van der Waals surface area contributed by atoms with Crippen LogP contribution in [0.5, 0.6) is 0 Å². The summed E-state index contributed by atoms with van der Waals surface area (Å²) in [5.74, 6) is 0. The molecule has 0 unspecified atom stereocenters. The van der Waals surface area contributed by atoms with Crippen LogP contribution in [0.1, 0.15) is 5.56 Å². The fourth-order valence-electron chi connectivity index (χ4n) is 0.652. The van der Waals surface area contributed by atoms with Gasteiger partial charge in [0.25, 0.3) is 0 Å². The van der Waals surface area contributed by atoms with Crippen LogP contribution >= 0.6 is 0 Å². The van der Waals surface area contributed by atoms with E-state index < -0.39 is 4.92 Å². The van der Waals surface area contributed by atoms with E-state index in [1.165, 1.54) is 6.08 Å². The van der Waals surface area contributed by atoms with Gasteiger partial charge in [0.15, 0.2) is 0 Å². The van der Waals surface area contributed by atoms with Gasteiger partial charge < -0.3 is 0 Å². The second kappa shape index (κ2) is 3.51. The maximum Gasteiger partial charge on any atom is 0.235 e. The Hall–Kier alpha value is -1.64. The first-order valence-electron chi connectivity index (χ1n) is 3.07. The molecule has 0 fully saturated rings. The van der Waals surface area contributed by atoms with E-state index in [1.54, 1.807) is 18.2 Å². The van der Waals surface area contributed by atoms with Crippen molar-refractivity contribution in [2.24, 2.45) is 0 Å². The first-order valence-corrected chi connectivity index (χ1v) is 3.07. The number of hydrogen-bond acceptors (Lipinski definition) is 2. The van der Waals surface area contributed by atoms with Crippen molar-refractivity contribution in [3.05, 3.63) is 52.2 Å². The van der Waals surface area contributed by atoms with E-state index in [4.69, 9.17) is 0 Å². The van der Waals surface area contributed by atoms with E-state index in [2.05, 4.69) is 6.07 Å². The smallest absolute Gasteiger partial charge is 0.235 e. The van der Waals surface area contributed by atoms with Gasteiger partial charge in [0.1, 0.15) is 0 Å². The van der Waals surface area contributed by atoms with Crippen LogP contribution in [0.3, 0.4) is 0 Å². The zero-order chi connectivity index (χ0) is 8.10. The van der Waals surface area contributed by atoms with Crippen molar-refractivity contribution < 1.29 is 4.92 Å². The van der Waals surface area contributed by atoms with Crippen molar-refractivity contribution in [3.8, 4) is 0 Å². The zero-order valence-electron chi connectivity index (χ0n) is 5.73. The Morgan fingerprint density at radius 3 is 2.91 bits per heavy atom. The Balaban J connectivity index is 2.72. The molecule has 0 aromatic heterocycles. The lowest BCUT2D eigenvalue weighted by atomic mass is 10.2. The van der Waals surface area contributed by atoms with Crippen LogP contribution in [0.15, 0.2) is 30.5 Å². The third-order valence-corrected chi connectivity index (χ3v) is 1.11. The molecule has 11 heavy (non-hydrogen) atoms. The summed E-state index contributed by atoms with van der Waals surface area (Å²) in [7, 11) is 0. The minimum Gasteiger partial charge on any atom is -0.259 e. The normalized spacial score (nSPS) is 10.2. The fourth-order valence-corrected chi connectivity index (χ4v) is 0.652. The maximum absolute atomic E-state index is 9.88. The molecule has 0 heterocycles. The van der Waals surface area contributed by atoms with Gasteiger partial charge in [0.05, 0.1) is 4.92 Å². The minimum atomic E-state index is -0.499. The highest BCUT2D eigenvalue weighted by Crippen LogP contribution is 1.99. The molecule has 1 radical (unpaired) electrons. The van der Waals surface area contributed by atoms with E-state index in [0.717, 1.165) is 6.20 Å². The molecule has 0 aliphatic carbocycles. The first-order chi connectivity index (χ1) is 5.29. The van der Waals surface area contributed by atoms with E-state index in [1.807, 2.05) is 6.07 Å². The van der Waals surface area contributed by atoms with Crippen molar-refractivity contribution in [1.29, 1.82) is 0 Å². The van der Waals surface area contributed by atoms with Crippen LogP contribution < -0.4 is 0 Å². The van der Waals surface area contributed by atoms with E-state index in [-0.39, 0.29) is 0 Å². The third kappa shape index (κ3) is 2.62. The summed E-state index contributed by atoms with van der Waals surface area (Å²) in [5, 5.41) is 9.88. The highest BCUT2D eigenvalue weighted by atomic mass is 16.6. The second-order valence-electron chi connectivity index (χ2n) is 1.92. The van der Waals surface area contributed by atoms with Crippen molar-refractivity contribution in [3.63, 3.8) is 0 Å². The lowest BCUT2D eigenvalue weighted by Gasteiger charge is -1.85. The van der Waals surface area contributed by atoms with Crippen LogP contribution in [0.2, 0.25) is 0 Å². The summed E-state index contributed by atoms with van der Waals surface area (Å²) in [5.41, 5.74) is 0.712. The molecule has 0 spiro atoms. The number of hydrogen-bond donors (Lipinski definition) is 0. The summed E-state index contributed by atoms with van der Waals surface area (Å²) >= 11 is 0. The second-order valence-corrected chi connectivity index (χ2v) is 1.92. The van der Waals surface area contributed by atoms with E-state index in [9.17, 15) is 10.1 Å². The number of nitro groups is 1. The Morgan fingerprint density at radius 1 is 1.55 bits per heavy atom. The molecule has 1 aromatic carbocycles. The van der Waals surface area contributed by atoms with Gasteiger partial charge >= 0.3 is 0 Å². The molecule has 0 amide bonds. The number of rotatable bonds is 2. The summed E-state index contributed by atoms with van der Waals surface area (Å²) in [6, 6.07) is 9.90. The average Bonchev–Trinajstić information content (AvgIpc) is 2.03. The summed E-state index contributed by atoms with van der Waals surface area (Å²) in [6.45, 7) is 0. The Morgan fingerprint density at radius 2 is 2.36 bits per heavy atom. The van der Waals surface area contributed by atoms with Crippen LogP contribution in [0.4, 0.5) is 0 Å². The number of nitrogens with zero attached hydrogens (tertiary/aromatic N) is 1. The molecule has 0 saturated heterocycles. The highest BCUT2D eigenvalue weighted by Gasteiger charge is 1.86. The molecule has 0 bridgehead atoms. The van der Waals surface area contributed by atoms with Gasteiger partial charge in [-0.2, -0.15) is 0 Å². The van der Waals surface area contributed by atoms with Crippen LogP contribution in [-0.2, 0) is 0 Å². The molecule has 1 rings (SSSR count). The van der Waals surface area contributed by atoms with Crippen molar-refractivity contribution >= 4 is 6.08 Å². The molecule has 0 aliphatic rings. The Kier molecular flexibility index (Phi) is 2.38. The SMILES string of the molecule is O=[N+]([O-])/C=C/c1[c]cccc1. The van der Waals surface area contributed by atoms with Crippen LogP contribution in [-0.4, -0.2) is 4.92 Å². The lowest BCUT2D eigenvalue weighted by molar-refractivity contribution is -0.400. The molecular weight excluding hydrogens is 142 g/mol. The Bertz CT molecular complexity index is 267. The first kappa shape index (κ1) is 7.47. The van der Waals surface area contributed by atoms with Gasteiger partial charge in [-0.1, -0.05) is 24.3 Å². The van der Waals surface area contributed by atoms with Gasteiger partial charge in [-0.05, 0) is 11.6 Å². The lowest BCUT2D eigenvalue weighted by Crippen LogP contribution is -1.81. The largest absolute Gasteiger partial charge is 0.259 e. The highest BCUT2D eigenvalue weighted by molar-refractivity contribution is 5.46. The quantitative estimate of drug-likeness (QED) is 0.473. The average molecular weight is 148 g/mol. The fraction of sp³-hybridized carbons (Fsp3) is 0. The molecular formula is C8H6NO2. The molecule has 0 saturated carbocycles. The monoisotopic (exact) mass is 148 g/mol. The summed E-state index contributed by atoms with van der Waals surface area (Å²) in [4.78, 5) is 9.38. The minimum absolute atomic E-state index is 0.499. The standard InChI is InChI=1S/C8H6NO2/c10-9(11)7-6-8-4-2-1-3-5-8/h1-4,6-7H/b7-6+. The van der Waals surface area contributed by atoms with Gasteiger partial charge in [-0.25, -0.2) is 0 Å². The third-order valence-electron chi connectivity index (χ3n) is 1.11. The van der Waals surface area contributed by atoms with Gasteiger partial charge in [-0.3, -0.25) is 10.1 Å². The maximum atomic E-state index is 9.88. The molecule has 0 aliphatic heterocycles. The summed E-state index contributed by atoms with van der Waals surface area (Å²) in [6.07, 6.45) is 2.30. The molecule has 3 nitrogen and oxygen atoms in total. The number of benzene rings is 1. The summed E-state index contributed by atoms with van der Waals surface area (Å²) < 4.78 is 0. The topological polar surface area (TPSA) is 43.1 Å². The predicted molar refractivity (Wildman–Crippen MR) is 41.3 cm³/mol. The molecule has 55 valence electrons. The van der Waals surface area contributed by atoms with E-state index >= 15 is 0 Å². The zero-order valence-corrected chi connectivity index (χ0v) is 5.73. The molecule has 0 N–H and O–H groups in total. The van der Waals surface area contributed by atoms with Crippen molar-refractivity contribution in [2.45, 2.75) is 0 Å².